The number of halogens is 2. The lowest BCUT2D eigenvalue weighted by molar-refractivity contribution is 0.122. The summed E-state index contributed by atoms with van der Waals surface area (Å²) in [6.45, 7) is 5.66. The van der Waals surface area contributed by atoms with Crippen molar-refractivity contribution in [2.24, 2.45) is 0 Å². The van der Waals surface area contributed by atoms with E-state index in [1.165, 1.54) is 18.2 Å². The summed E-state index contributed by atoms with van der Waals surface area (Å²) in [6.07, 6.45) is 0. The van der Waals surface area contributed by atoms with E-state index in [0.717, 1.165) is 18.9 Å². The first kappa shape index (κ1) is 20.1. The van der Waals surface area contributed by atoms with E-state index in [4.69, 9.17) is 16.3 Å². The Morgan fingerprint density at radius 1 is 1.25 bits per heavy atom. The Kier molecular flexibility index (Phi) is 6.83. The number of hydrogen-bond donors (Lipinski definition) is 3. The third-order valence-corrected chi connectivity index (χ3v) is 4.34. The van der Waals surface area contributed by atoms with E-state index in [-0.39, 0.29) is 5.02 Å². The van der Waals surface area contributed by atoms with Gasteiger partial charge in [-0.15, -0.1) is 0 Å². The van der Waals surface area contributed by atoms with Crippen LogP contribution in [0.3, 0.4) is 0 Å². The highest BCUT2D eigenvalue weighted by Gasteiger charge is 2.14. The van der Waals surface area contributed by atoms with E-state index >= 15 is 0 Å². The summed E-state index contributed by atoms with van der Waals surface area (Å²) in [6, 6.07) is 5.47. The topological polar surface area (TPSA) is 91.4 Å². The Labute approximate surface area is 167 Å². The molecule has 10 heteroatoms. The van der Waals surface area contributed by atoms with Crippen LogP contribution < -0.4 is 20.9 Å². The van der Waals surface area contributed by atoms with Gasteiger partial charge in [0.1, 0.15) is 23.3 Å². The van der Waals surface area contributed by atoms with Gasteiger partial charge in [-0.2, -0.15) is 0 Å². The van der Waals surface area contributed by atoms with Crippen molar-refractivity contribution in [1.82, 2.24) is 15.3 Å². The van der Waals surface area contributed by atoms with E-state index in [1.54, 1.807) is 0 Å². The second-order valence-electron chi connectivity index (χ2n) is 6.19. The van der Waals surface area contributed by atoms with Crippen LogP contribution in [0.1, 0.15) is 5.82 Å². The number of aromatic nitrogens is 2. The van der Waals surface area contributed by atoms with E-state index < -0.39 is 11.8 Å². The first-order chi connectivity index (χ1) is 13.5. The minimum atomic E-state index is -0.534. The quantitative estimate of drug-likeness (QED) is 0.636. The van der Waals surface area contributed by atoms with Gasteiger partial charge in [-0.3, -0.25) is 0 Å². The number of rotatable bonds is 6. The van der Waals surface area contributed by atoms with Gasteiger partial charge in [0, 0.05) is 37.9 Å². The van der Waals surface area contributed by atoms with Crippen LogP contribution in [-0.2, 0) is 4.74 Å². The summed E-state index contributed by atoms with van der Waals surface area (Å²) in [5.74, 6) is 1.69. The van der Waals surface area contributed by atoms with Crippen molar-refractivity contribution in [3.05, 3.63) is 40.9 Å². The number of ether oxygens (including phenoxy) is 1. The Morgan fingerprint density at radius 3 is 2.79 bits per heavy atom. The van der Waals surface area contributed by atoms with Crippen LogP contribution in [0.15, 0.2) is 24.3 Å². The van der Waals surface area contributed by atoms with Gasteiger partial charge in [-0.25, -0.2) is 19.2 Å². The molecule has 0 atom stereocenters. The van der Waals surface area contributed by atoms with Gasteiger partial charge in [0.15, 0.2) is 0 Å². The molecule has 3 rings (SSSR count). The molecule has 3 N–H and O–H groups in total. The van der Waals surface area contributed by atoms with Crippen LogP contribution in [0, 0.1) is 12.7 Å². The number of anilines is 3. The summed E-state index contributed by atoms with van der Waals surface area (Å²) in [4.78, 5) is 22.9. The zero-order valence-corrected chi connectivity index (χ0v) is 16.2. The lowest BCUT2D eigenvalue weighted by Gasteiger charge is -2.28. The summed E-state index contributed by atoms with van der Waals surface area (Å²) in [5, 5.41) is 8.44. The maximum absolute atomic E-state index is 13.1. The summed E-state index contributed by atoms with van der Waals surface area (Å²) in [7, 11) is 0. The Morgan fingerprint density at radius 2 is 2.04 bits per heavy atom. The molecule has 1 saturated heterocycles. The first-order valence-corrected chi connectivity index (χ1v) is 9.31. The van der Waals surface area contributed by atoms with Gasteiger partial charge in [-0.1, -0.05) is 11.6 Å². The van der Waals surface area contributed by atoms with Gasteiger partial charge < -0.3 is 25.6 Å². The SMILES string of the molecule is Cc1nc(NCCNC(=O)Nc2ccc(F)c(Cl)c2)cc(N2CCOCC2)n1. The monoisotopic (exact) mass is 408 g/mol. The van der Waals surface area contributed by atoms with Crippen molar-refractivity contribution in [2.75, 3.05) is 54.9 Å². The molecule has 2 heterocycles. The van der Waals surface area contributed by atoms with Gasteiger partial charge >= 0.3 is 6.03 Å². The van der Waals surface area contributed by atoms with Gasteiger partial charge in [0.25, 0.3) is 0 Å². The second kappa shape index (κ2) is 9.52. The first-order valence-electron chi connectivity index (χ1n) is 8.93. The molecule has 0 bridgehead atoms. The van der Waals surface area contributed by atoms with Crippen LogP contribution >= 0.6 is 11.6 Å². The van der Waals surface area contributed by atoms with Crippen molar-refractivity contribution in [3.8, 4) is 0 Å². The van der Waals surface area contributed by atoms with Gasteiger partial charge in [0.05, 0.1) is 18.2 Å². The van der Waals surface area contributed by atoms with Crippen molar-refractivity contribution in [3.63, 3.8) is 0 Å². The smallest absolute Gasteiger partial charge is 0.319 e. The molecular formula is C18H22ClFN6O2. The molecule has 8 nitrogen and oxygen atoms in total. The highest BCUT2D eigenvalue weighted by molar-refractivity contribution is 6.31. The van der Waals surface area contributed by atoms with Crippen LogP contribution in [-0.4, -0.2) is 55.4 Å². The number of amides is 2. The maximum atomic E-state index is 13.1. The predicted molar refractivity (Wildman–Crippen MR) is 107 cm³/mol. The third-order valence-electron chi connectivity index (χ3n) is 4.05. The summed E-state index contributed by atoms with van der Waals surface area (Å²) >= 11 is 5.69. The van der Waals surface area contributed by atoms with E-state index in [1.807, 2.05) is 13.0 Å². The van der Waals surface area contributed by atoms with Gasteiger partial charge in [0.2, 0.25) is 0 Å². The fourth-order valence-electron chi connectivity index (χ4n) is 2.71. The van der Waals surface area contributed by atoms with Crippen LogP contribution in [0.4, 0.5) is 26.5 Å². The number of hydrogen-bond acceptors (Lipinski definition) is 6. The lowest BCUT2D eigenvalue weighted by Crippen LogP contribution is -2.37. The van der Waals surface area contributed by atoms with Crippen molar-refractivity contribution >= 4 is 35.0 Å². The van der Waals surface area contributed by atoms with E-state index in [2.05, 4.69) is 30.8 Å². The van der Waals surface area contributed by atoms with Crippen molar-refractivity contribution < 1.29 is 13.9 Å². The van der Waals surface area contributed by atoms with Crippen molar-refractivity contribution in [2.45, 2.75) is 6.92 Å². The molecule has 1 aromatic carbocycles. The van der Waals surface area contributed by atoms with Crippen molar-refractivity contribution in [1.29, 1.82) is 0 Å². The lowest BCUT2D eigenvalue weighted by atomic mass is 10.3. The molecule has 0 saturated carbocycles. The third kappa shape index (κ3) is 5.67. The molecule has 0 unspecified atom stereocenters. The predicted octanol–water partition coefficient (Wildman–Crippen LogP) is 2.65. The molecule has 1 aliphatic rings. The molecule has 0 radical (unpaired) electrons. The minimum absolute atomic E-state index is 0.0466. The Balaban J connectivity index is 1.46. The van der Waals surface area contributed by atoms with E-state index in [9.17, 15) is 9.18 Å². The Bertz CT molecular complexity index is 832. The number of nitrogens with zero attached hydrogens (tertiary/aromatic N) is 3. The fraction of sp³-hybridized carbons (Fsp3) is 0.389. The molecule has 2 amide bonds. The number of morpholine rings is 1. The highest BCUT2D eigenvalue weighted by Crippen LogP contribution is 2.19. The summed E-state index contributed by atoms with van der Waals surface area (Å²) in [5.41, 5.74) is 0.415. The van der Waals surface area contributed by atoms with Gasteiger partial charge in [-0.05, 0) is 25.1 Å². The maximum Gasteiger partial charge on any atom is 0.319 e. The molecule has 1 aromatic heterocycles. The molecule has 0 spiro atoms. The molecule has 150 valence electrons. The average molecular weight is 409 g/mol. The number of aryl methyl sites for hydroxylation is 1. The van der Waals surface area contributed by atoms with Crippen LogP contribution in [0.25, 0.3) is 0 Å². The van der Waals surface area contributed by atoms with E-state index in [0.29, 0.717) is 43.6 Å². The largest absolute Gasteiger partial charge is 0.378 e. The zero-order chi connectivity index (χ0) is 19.9. The number of carbonyl (C=O) groups is 1. The number of urea groups is 1. The minimum Gasteiger partial charge on any atom is -0.378 e. The van der Waals surface area contributed by atoms with Crippen LogP contribution in [0.2, 0.25) is 5.02 Å². The molecule has 1 aliphatic heterocycles. The fourth-order valence-corrected chi connectivity index (χ4v) is 2.89. The molecule has 28 heavy (non-hydrogen) atoms. The molecule has 2 aromatic rings. The summed E-state index contributed by atoms with van der Waals surface area (Å²) < 4.78 is 18.5. The second-order valence-corrected chi connectivity index (χ2v) is 6.60. The number of carbonyl (C=O) groups excluding carboxylic acids is 1. The molecular weight excluding hydrogens is 387 g/mol. The highest BCUT2D eigenvalue weighted by atomic mass is 35.5. The number of benzene rings is 1. The normalized spacial score (nSPS) is 13.9. The molecule has 0 aliphatic carbocycles. The Hall–Kier alpha value is -2.65. The standard InChI is InChI=1S/C18H22ClFN6O2/c1-12-23-16(11-17(24-12)26-6-8-28-9-7-26)21-4-5-22-18(27)25-13-2-3-15(20)14(19)10-13/h2-3,10-11H,4-9H2,1H3,(H,21,23,24)(H2,22,25,27). The van der Waals surface area contributed by atoms with Crippen LogP contribution in [0.5, 0.6) is 0 Å². The number of nitrogens with one attached hydrogen (secondary N) is 3. The zero-order valence-electron chi connectivity index (χ0n) is 15.5. The average Bonchev–Trinajstić information content (AvgIpc) is 2.68. The molecule has 1 fully saturated rings.